The fourth-order valence-corrected chi connectivity index (χ4v) is 3.73. The van der Waals surface area contributed by atoms with Crippen molar-refractivity contribution >= 4 is 28.5 Å². The maximum atomic E-state index is 12.6. The molecule has 0 fully saturated rings. The number of benzene rings is 2. The van der Waals surface area contributed by atoms with Crippen molar-refractivity contribution in [2.45, 2.75) is 6.92 Å². The molecule has 0 saturated heterocycles. The van der Waals surface area contributed by atoms with Crippen LogP contribution in [0.25, 0.3) is 33.9 Å². The Hall–Kier alpha value is -3.58. The van der Waals surface area contributed by atoms with Crippen molar-refractivity contribution in [2.24, 2.45) is 7.05 Å². The molecule has 0 amide bonds. The maximum Gasteiger partial charge on any atom is 0.329 e. The zero-order chi connectivity index (χ0) is 20.3. The zero-order valence-electron chi connectivity index (χ0n) is 15.7. The molecule has 1 N–H and O–H groups in total. The van der Waals surface area contributed by atoms with Gasteiger partial charge in [0.1, 0.15) is 0 Å². The van der Waals surface area contributed by atoms with Crippen LogP contribution in [0.3, 0.4) is 0 Å². The molecule has 0 spiro atoms. The summed E-state index contributed by atoms with van der Waals surface area (Å²) in [7, 11) is 1.59. The Kier molecular flexibility index (Phi) is 3.75. The van der Waals surface area contributed by atoms with Crippen LogP contribution < -0.4 is 11.2 Å². The van der Waals surface area contributed by atoms with Crippen molar-refractivity contribution in [2.75, 3.05) is 0 Å². The van der Waals surface area contributed by atoms with Gasteiger partial charge in [-0.3, -0.25) is 23.3 Å². The minimum absolute atomic E-state index is 0.323. The first kappa shape index (κ1) is 17.5. The molecule has 5 aromatic rings. The first-order chi connectivity index (χ1) is 13.9. The van der Waals surface area contributed by atoms with E-state index < -0.39 is 11.2 Å². The van der Waals surface area contributed by atoms with Crippen molar-refractivity contribution in [3.8, 4) is 16.9 Å². The van der Waals surface area contributed by atoms with Gasteiger partial charge >= 0.3 is 5.69 Å². The van der Waals surface area contributed by atoms with Crippen LogP contribution in [0.1, 0.15) is 5.56 Å². The Morgan fingerprint density at radius 2 is 1.83 bits per heavy atom. The lowest BCUT2D eigenvalue weighted by molar-refractivity contribution is 0.831. The molecule has 0 aliphatic heterocycles. The van der Waals surface area contributed by atoms with Crippen LogP contribution in [0.5, 0.6) is 0 Å². The third-order valence-electron chi connectivity index (χ3n) is 5.02. The molecule has 2 aromatic carbocycles. The predicted molar refractivity (Wildman–Crippen MR) is 113 cm³/mol. The smallest absolute Gasteiger partial charge is 0.279 e. The molecule has 8 heteroatoms. The normalized spacial score (nSPS) is 11.6. The molecule has 0 atom stereocenters. The molecule has 0 aliphatic carbocycles. The predicted octanol–water partition coefficient (Wildman–Crippen LogP) is 3.29. The number of H-pyrrole nitrogens is 1. The third-order valence-corrected chi connectivity index (χ3v) is 5.28. The lowest BCUT2D eigenvalue weighted by Gasteiger charge is -2.10. The van der Waals surface area contributed by atoms with E-state index in [9.17, 15) is 9.59 Å². The molecular formula is C21H16ClN5O2. The highest BCUT2D eigenvalue weighted by atomic mass is 35.5. The second-order valence-corrected chi connectivity index (χ2v) is 7.40. The van der Waals surface area contributed by atoms with Gasteiger partial charge in [-0.05, 0) is 36.8 Å². The quantitative estimate of drug-likeness (QED) is 0.489. The minimum Gasteiger partial charge on any atom is -0.279 e. The van der Waals surface area contributed by atoms with E-state index in [1.54, 1.807) is 11.4 Å². The number of hydrogen-bond donors (Lipinski definition) is 1. The second kappa shape index (κ2) is 6.22. The number of aromatic amines is 1. The van der Waals surface area contributed by atoms with Gasteiger partial charge < -0.3 is 0 Å². The summed E-state index contributed by atoms with van der Waals surface area (Å²) in [5.74, 6) is 0.544. The molecule has 29 heavy (non-hydrogen) atoms. The van der Waals surface area contributed by atoms with E-state index in [4.69, 9.17) is 11.6 Å². The number of aromatic nitrogens is 5. The highest BCUT2D eigenvalue weighted by Gasteiger charge is 2.20. The number of nitrogens with one attached hydrogen (secondary N) is 1. The number of halogens is 1. The molecule has 7 nitrogen and oxygen atoms in total. The number of fused-ring (bicyclic) bond motifs is 3. The number of hydrogen-bond acceptors (Lipinski definition) is 3. The number of imidazole rings is 2. The summed E-state index contributed by atoms with van der Waals surface area (Å²) in [4.78, 5) is 31.6. The van der Waals surface area contributed by atoms with Crippen molar-refractivity contribution in [1.29, 1.82) is 0 Å². The zero-order valence-corrected chi connectivity index (χ0v) is 16.4. The Bertz CT molecular complexity index is 1520. The summed E-state index contributed by atoms with van der Waals surface area (Å²) in [6.45, 7) is 2.02. The van der Waals surface area contributed by atoms with Crippen molar-refractivity contribution in [3.05, 3.63) is 86.2 Å². The van der Waals surface area contributed by atoms with E-state index in [1.807, 2.05) is 66.2 Å². The molecule has 3 heterocycles. The minimum atomic E-state index is -0.497. The standard InChI is InChI=1S/C21H16ClN5O2/c1-12-4-3-5-15(10-12)27-16(13-6-8-14(22)9-7-13)11-26-17-18(23-20(26)27)25(2)21(29)24-19(17)28/h3-11H,1-2H3,(H,24,28,29). The van der Waals surface area contributed by atoms with Gasteiger partial charge in [-0.2, -0.15) is 4.98 Å². The molecule has 3 aromatic heterocycles. The SMILES string of the molecule is Cc1cccc(-n2c(-c3ccc(Cl)cc3)cn3c4c(=O)[nH]c(=O)n(C)c4nc23)c1. The van der Waals surface area contributed by atoms with E-state index >= 15 is 0 Å². The van der Waals surface area contributed by atoms with Crippen LogP contribution in [0.2, 0.25) is 5.02 Å². The van der Waals surface area contributed by atoms with Gasteiger partial charge in [-0.1, -0.05) is 35.9 Å². The summed E-state index contributed by atoms with van der Waals surface area (Å²) < 4.78 is 5.03. The lowest BCUT2D eigenvalue weighted by Crippen LogP contribution is -2.28. The largest absolute Gasteiger partial charge is 0.329 e. The summed E-state index contributed by atoms with van der Waals surface area (Å²) >= 11 is 6.06. The fraction of sp³-hybridized carbons (Fsp3) is 0.0952. The fourth-order valence-electron chi connectivity index (χ4n) is 3.60. The van der Waals surface area contributed by atoms with Gasteiger partial charge in [-0.25, -0.2) is 4.79 Å². The summed E-state index contributed by atoms with van der Waals surface area (Å²) in [6, 6.07) is 15.5. The highest BCUT2D eigenvalue weighted by Crippen LogP contribution is 2.29. The monoisotopic (exact) mass is 405 g/mol. The molecule has 5 rings (SSSR count). The Morgan fingerprint density at radius 1 is 1.07 bits per heavy atom. The maximum absolute atomic E-state index is 12.6. The summed E-state index contributed by atoms with van der Waals surface area (Å²) in [5.41, 5.74) is 3.46. The van der Waals surface area contributed by atoms with Crippen LogP contribution in [-0.4, -0.2) is 23.5 Å². The Morgan fingerprint density at radius 3 is 2.55 bits per heavy atom. The van der Waals surface area contributed by atoms with E-state index in [1.165, 1.54) is 4.57 Å². The lowest BCUT2D eigenvalue weighted by atomic mass is 10.1. The molecule has 0 bridgehead atoms. The number of aryl methyl sites for hydroxylation is 2. The van der Waals surface area contributed by atoms with E-state index in [-0.39, 0.29) is 0 Å². The molecule has 144 valence electrons. The van der Waals surface area contributed by atoms with E-state index in [2.05, 4.69) is 9.97 Å². The van der Waals surface area contributed by atoms with Gasteiger partial charge in [0.2, 0.25) is 5.78 Å². The molecule has 0 unspecified atom stereocenters. The topological polar surface area (TPSA) is 77.1 Å². The van der Waals surface area contributed by atoms with Gasteiger partial charge in [0.05, 0.1) is 5.69 Å². The first-order valence-electron chi connectivity index (χ1n) is 9.00. The molecule has 0 radical (unpaired) electrons. The van der Waals surface area contributed by atoms with Gasteiger partial charge in [0.25, 0.3) is 5.56 Å². The summed E-state index contributed by atoms with van der Waals surface area (Å²) in [5, 5.41) is 0.643. The van der Waals surface area contributed by atoms with Crippen molar-refractivity contribution in [3.63, 3.8) is 0 Å². The Balaban J connectivity index is 1.95. The third kappa shape index (κ3) is 2.62. The van der Waals surface area contributed by atoms with Gasteiger partial charge in [-0.15, -0.1) is 0 Å². The summed E-state index contributed by atoms with van der Waals surface area (Å²) in [6.07, 6.45) is 1.86. The van der Waals surface area contributed by atoms with Crippen molar-refractivity contribution < 1.29 is 0 Å². The van der Waals surface area contributed by atoms with Gasteiger partial charge in [0.15, 0.2) is 11.2 Å². The molecule has 0 saturated carbocycles. The van der Waals surface area contributed by atoms with Crippen LogP contribution in [0.15, 0.2) is 64.3 Å². The van der Waals surface area contributed by atoms with Crippen LogP contribution in [0, 0.1) is 6.92 Å². The van der Waals surface area contributed by atoms with E-state index in [0.29, 0.717) is 22.0 Å². The number of nitrogens with zero attached hydrogens (tertiary/aromatic N) is 4. The van der Waals surface area contributed by atoms with E-state index in [0.717, 1.165) is 22.5 Å². The van der Waals surface area contributed by atoms with Crippen LogP contribution in [0.4, 0.5) is 0 Å². The van der Waals surface area contributed by atoms with Crippen LogP contribution >= 0.6 is 11.6 Å². The van der Waals surface area contributed by atoms with Crippen LogP contribution in [-0.2, 0) is 7.05 Å². The molecule has 0 aliphatic rings. The van der Waals surface area contributed by atoms with Crippen molar-refractivity contribution in [1.82, 2.24) is 23.5 Å². The Labute approximate surface area is 169 Å². The molecular weight excluding hydrogens is 390 g/mol. The average Bonchev–Trinajstić information content (AvgIpc) is 3.23. The number of rotatable bonds is 2. The second-order valence-electron chi connectivity index (χ2n) is 6.97. The highest BCUT2D eigenvalue weighted by molar-refractivity contribution is 6.30. The average molecular weight is 406 g/mol. The van der Waals surface area contributed by atoms with Gasteiger partial charge in [0, 0.05) is 29.5 Å². The first-order valence-corrected chi connectivity index (χ1v) is 9.37.